The Hall–Kier alpha value is -2.64. The molecule has 0 saturated carbocycles. The Kier molecular flexibility index (Phi) is 6.28. The second-order valence-electron chi connectivity index (χ2n) is 8.11. The largest absolute Gasteiger partial charge is 0.573 e. The topological polar surface area (TPSA) is 40.5 Å². The van der Waals surface area contributed by atoms with Gasteiger partial charge in [-0.15, -0.1) is 13.2 Å². The number of carbonyl (C=O) groups excluding carboxylic acids is 1. The van der Waals surface area contributed by atoms with Gasteiger partial charge in [-0.1, -0.05) is 29.8 Å². The molecule has 170 valence electrons. The maximum Gasteiger partial charge on any atom is 0.573 e. The number of ketones is 1. The van der Waals surface area contributed by atoms with E-state index in [1.54, 1.807) is 19.2 Å². The van der Waals surface area contributed by atoms with Crippen LogP contribution in [0, 0.1) is 0 Å². The molecule has 3 rings (SSSR count). The van der Waals surface area contributed by atoms with Crippen molar-refractivity contribution in [2.75, 3.05) is 0 Å². The molecule has 0 aliphatic carbocycles. The first-order chi connectivity index (χ1) is 14.7. The average Bonchev–Trinajstić information content (AvgIpc) is 2.95. The van der Waals surface area contributed by atoms with Crippen LogP contribution in [0.3, 0.4) is 0 Å². The monoisotopic (exact) mass is 485 g/mol. The van der Waals surface area contributed by atoms with E-state index in [0.29, 0.717) is 16.5 Å². The molecule has 0 amide bonds. The zero-order valence-electron chi connectivity index (χ0n) is 17.7. The first-order valence-electron chi connectivity index (χ1n) is 9.44. The van der Waals surface area contributed by atoms with Crippen LogP contribution in [-0.4, -0.2) is 22.3 Å². The van der Waals surface area contributed by atoms with Crippen LogP contribution in [0.1, 0.15) is 42.4 Å². The maximum absolute atomic E-state index is 13.4. The molecule has 3 aromatic rings. The molecule has 0 atom stereocenters. The number of alkyl halides is 3. The molecule has 2 aromatic carbocycles. The Morgan fingerprint density at radius 3 is 2.31 bits per heavy atom. The second kappa shape index (κ2) is 8.37. The average molecular weight is 486 g/mol. The van der Waals surface area contributed by atoms with E-state index in [1.165, 1.54) is 28.8 Å². The van der Waals surface area contributed by atoms with Gasteiger partial charge in [-0.25, -0.2) is 0 Å². The third kappa shape index (κ3) is 5.05. The molecule has 0 unspecified atom stereocenters. The summed E-state index contributed by atoms with van der Waals surface area (Å²) in [6.45, 7) is 9.44. The Bertz CT molecular complexity index is 1220. The van der Waals surface area contributed by atoms with Crippen LogP contribution in [0.5, 0.6) is 5.75 Å². The molecule has 4 nitrogen and oxygen atoms in total. The van der Waals surface area contributed by atoms with Crippen molar-refractivity contribution in [2.24, 2.45) is 7.05 Å². The molecule has 1 aromatic heterocycles. The summed E-state index contributed by atoms with van der Waals surface area (Å²) < 4.78 is 48.9. The van der Waals surface area contributed by atoms with Crippen molar-refractivity contribution in [1.29, 1.82) is 0 Å². The van der Waals surface area contributed by atoms with Gasteiger partial charge in [-0.3, -0.25) is 4.79 Å². The number of hydrogen-bond acceptors (Lipinski definition) is 3. The van der Waals surface area contributed by atoms with Crippen molar-refractivity contribution >= 4 is 45.6 Å². The molecule has 0 aliphatic rings. The maximum atomic E-state index is 13.4. The minimum atomic E-state index is -4.82. The van der Waals surface area contributed by atoms with Gasteiger partial charge in [0, 0.05) is 24.1 Å². The molecule has 0 radical (unpaired) electrons. The molecule has 0 N–H and O–H groups in total. The molecule has 0 aliphatic heterocycles. The molecule has 0 saturated heterocycles. The van der Waals surface area contributed by atoms with Gasteiger partial charge in [0.15, 0.2) is 0 Å². The first kappa shape index (κ1) is 24.0. The van der Waals surface area contributed by atoms with Crippen molar-refractivity contribution in [3.63, 3.8) is 0 Å². The molecular weight excluding hydrogens is 466 g/mol. The Labute approximate surface area is 193 Å². The smallest absolute Gasteiger partial charge is 0.488 e. The lowest BCUT2D eigenvalue weighted by Crippen LogP contribution is -2.18. The number of nitrogens with zero attached hydrogens (tertiary/aromatic N) is 1. The quantitative estimate of drug-likeness (QED) is 0.279. The number of ether oxygens (including phenoxy) is 2. The van der Waals surface area contributed by atoms with E-state index in [0.717, 1.165) is 0 Å². The van der Waals surface area contributed by atoms with Crippen molar-refractivity contribution in [1.82, 2.24) is 4.57 Å². The van der Waals surface area contributed by atoms with Crippen LogP contribution in [0.2, 0.25) is 10.0 Å². The van der Waals surface area contributed by atoms with Gasteiger partial charge in [0.1, 0.15) is 17.1 Å². The van der Waals surface area contributed by atoms with Gasteiger partial charge in [0.2, 0.25) is 5.78 Å². The van der Waals surface area contributed by atoms with Crippen molar-refractivity contribution in [3.05, 3.63) is 69.8 Å². The highest BCUT2D eigenvalue weighted by Crippen LogP contribution is 2.36. The summed E-state index contributed by atoms with van der Waals surface area (Å²) in [5, 5.41) is 0.746. The number of fused-ring (bicyclic) bond motifs is 1. The molecule has 1 heterocycles. The van der Waals surface area contributed by atoms with Gasteiger partial charge in [0.25, 0.3) is 0 Å². The van der Waals surface area contributed by atoms with Crippen molar-refractivity contribution < 1.29 is 27.4 Å². The first-order valence-corrected chi connectivity index (χ1v) is 10.2. The normalized spacial score (nSPS) is 12.2. The van der Waals surface area contributed by atoms with E-state index in [9.17, 15) is 18.0 Å². The van der Waals surface area contributed by atoms with E-state index >= 15 is 0 Å². The van der Waals surface area contributed by atoms with Crippen LogP contribution in [-0.2, 0) is 11.8 Å². The summed E-state index contributed by atoms with van der Waals surface area (Å²) in [6, 6.07) is 8.50. The zero-order valence-corrected chi connectivity index (χ0v) is 19.2. The fraction of sp³-hybridized carbons (Fsp3) is 0.261. The highest BCUT2D eigenvalue weighted by Gasteiger charge is 2.31. The molecular formula is C23H20Cl2F3NO3. The number of carbonyl (C=O) groups is 1. The number of benzene rings is 2. The van der Waals surface area contributed by atoms with E-state index < -0.39 is 17.7 Å². The number of rotatable bonds is 5. The lowest BCUT2D eigenvalue weighted by atomic mass is 10.0. The fourth-order valence-electron chi connectivity index (χ4n) is 3.25. The van der Waals surface area contributed by atoms with E-state index in [2.05, 4.69) is 11.3 Å². The Balaban J connectivity index is 2.06. The highest BCUT2D eigenvalue weighted by atomic mass is 35.5. The standard InChI is InChI=1S/C23H20Cl2F3NO3/c1-12(31-22(2,3)4)15-8-9-16(24)19(20(15)25)21(30)18-10-13-6-7-14(32-23(26,27)28)11-17(13)29(18)5/h6-11H,1H2,2-5H3. The molecule has 0 fully saturated rings. The van der Waals surface area contributed by atoms with Crippen LogP contribution >= 0.6 is 23.2 Å². The number of aryl methyl sites for hydroxylation is 1. The lowest BCUT2D eigenvalue weighted by Gasteiger charge is -2.24. The fourth-order valence-corrected chi connectivity index (χ4v) is 3.90. The Morgan fingerprint density at radius 1 is 1.06 bits per heavy atom. The highest BCUT2D eigenvalue weighted by molar-refractivity contribution is 6.42. The van der Waals surface area contributed by atoms with E-state index in [-0.39, 0.29) is 32.8 Å². The summed E-state index contributed by atoms with van der Waals surface area (Å²) in [6.07, 6.45) is -4.82. The number of halogens is 5. The molecule has 0 spiro atoms. The molecule has 0 bridgehead atoms. The number of aromatic nitrogens is 1. The summed E-state index contributed by atoms with van der Waals surface area (Å²) >= 11 is 12.8. The van der Waals surface area contributed by atoms with Gasteiger partial charge in [-0.2, -0.15) is 0 Å². The van der Waals surface area contributed by atoms with Crippen molar-refractivity contribution in [3.8, 4) is 5.75 Å². The summed E-state index contributed by atoms with van der Waals surface area (Å²) in [5.74, 6) is -0.611. The van der Waals surface area contributed by atoms with Gasteiger partial charge in [0.05, 0.1) is 26.8 Å². The summed E-state index contributed by atoms with van der Waals surface area (Å²) in [7, 11) is 1.56. The predicted molar refractivity (Wildman–Crippen MR) is 119 cm³/mol. The van der Waals surface area contributed by atoms with Gasteiger partial charge >= 0.3 is 6.36 Å². The van der Waals surface area contributed by atoms with E-state index in [1.807, 2.05) is 20.8 Å². The number of hydrogen-bond donors (Lipinski definition) is 0. The summed E-state index contributed by atoms with van der Waals surface area (Å²) in [5.41, 5.74) is 0.485. The third-order valence-electron chi connectivity index (χ3n) is 4.53. The SMILES string of the molecule is C=C(OC(C)(C)C)c1ccc(Cl)c(C(=O)c2cc3ccc(OC(F)(F)F)cc3n2C)c1Cl. The van der Waals surface area contributed by atoms with Gasteiger partial charge < -0.3 is 14.0 Å². The van der Waals surface area contributed by atoms with Crippen molar-refractivity contribution in [2.45, 2.75) is 32.7 Å². The van der Waals surface area contributed by atoms with Gasteiger partial charge in [-0.05, 0) is 51.1 Å². The molecule has 9 heteroatoms. The molecule has 32 heavy (non-hydrogen) atoms. The Morgan fingerprint density at radius 2 is 1.72 bits per heavy atom. The zero-order chi connectivity index (χ0) is 24.0. The van der Waals surface area contributed by atoms with Crippen LogP contribution in [0.15, 0.2) is 43.0 Å². The van der Waals surface area contributed by atoms with Crippen LogP contribution in [0.25, 0.3) is 16.7 Å². The van der Waals surface area contributed by atoms with E-state index in [4.69, 9.17) is 27.9 Å². The minimum Gasteiger partial charge on any atom is -0.488 e. The summed E-state index contributed by atoms with van der Waals surface area (Å²) in [4.78, 5) is 13.4. The third-order valence-corrected chi connectivity index (χ3v) is 5.24. The predicted octanol–water partition coefficient (Wildman–Crippen LogP) is 7.40. The van der Waals surface area contributed by atoms with Crippen LogP contribution < -0.4 is 4.74 Å². The van der Waals surface area contributed by atoms with Crippen LogP contribution in [0.4, 0.5) is 13.2 Å². The lowest BCUT2D eigenvalue weighted by molar-refractivity contribution is -0.274. The minimum absolute atomic E-state index is 0.0437. The second-order valence-corrected chi connectivity index (χ2v) is 8.89.